The van der Waals surface area contributed by atoms with Gasteiger partial charge in [-0.15, -0.1) is 0 Å². The van der Waals surface area contributed by atoms with Gasteiger partial charge >= 0.3 is 0 Å². The van der Waals surface area contributed by atoms with Gasteiger partial charge in [0, 0.05) is 5.56 Å². The van der Waals surface area contributed by atoms with E-state index in [1.165, 1.54) is 0 Å². The van der Waals surface area contributed by atoms with E-state index >= 15 is 0 Å². The predicted molar refractivity (Wildman–Crippen MR) is 89.0 cm³/mol. The van der Waals surface area contributed by atoms with E-state index in [0.717, 1.165) is 37.5 Å². The molecule has 0 spiro atoms. The second kappa shape index (κ2) is 11.1. The van der Waals surface area contributed by atoms with E-state index in [-0.39, 0.29) is 25.2 Å². The lowest BCUT2D eigenvalue weighted by atomic mass is 10.0. The van der Waals surface area contributed by atoms with Crippen molar-refractivity contribution in [2.75, 3.05) is 13.2 Å². The van der Waals surface area contributed by atoms with Gasteiger partial charge in [-0.3, -0.25) is 19.6 Å². The van der Waals surface area contributed by atoms with Crippen LogP contribution in [0.3, 0.4) is 0 Å². The van der Waals surface area contributed by atoms with E-state index in [4.69, 9.17) is 0 Å². The number of benzene rings is 1. The summed E-state index contributed by atoms with van der Waals surface area (Å²) in [5.74, 6) is -3.95. The minimum absolute atomic E-state index is 0.0832. The second-order valence-electron chi connectivity index (χ2n) is 5.77. The van der Waals surface area contributed by atoms with Gasteiger partial charge < -0.3 is 10.6 Å². The third kappa shape index (κ3) is 7.14. The Kier molecular flexibility index (Phi) is 9.21. The third-order valence-corrected chi connectivity index (χ3v) is 3.75. The number of hydrogen-bond donors (Lipinski definition) is 3. The van der Waals surface area contributed by atoms with Gasteiger partial charge in [0.25, 0.3) is 5.91 Å². The Hall–Kier alpha value is -2.55. The number of halogens is 2. The zero-order valence-corrected chi connectivity index (χ0v) is 14.5. The van der Waals surface area contributed by atoms with Gasteiger partial charge in [0.2, 0.25) is 12.3 Å². The number of nitrogens with zero attached hydrogens (tertiary/aromatic N) is 1. The maximum absolute atomic E-state index is 13.1. The summed E-state index contributed by atoms with van der Waals surface area (Å²) in [6.45, 7) is 1.62. The van der Waals surface area contributed by atoms with Crippen LogP contribution in [0.5, 0.6) is 0 Å². The van der Waals surface area contributed by atoms with Crippen LogP contribution < -0.4 is 10.6 Å². The molecule has 26 heavy (non-hydrogen) atoms. The van der Waals surface area contributed by atoms with E-state index in [2.05, 4.69) is 10.6 Å². The molecule has 3 amide bonds. The average Bonchev–Trinajstić information content (AvgIpc) is 2.62. The Balaban J connectivity index is 2.52. The molecule has 0 aliphatic carbocycles. The number of unbranched alkanes of at least 4 members (excludes halogenated alkanes) is 2. The Morgan fingerprint density at radius 1 is 1.23 bits per heavy atom. The highest BCUT2D eigenvalue weighted by Crippen LogP contribution is 2.11. The first kappa shape index (κ1) is 21.5. The van der Waals surface area contributed by atoms with Crippen LogP contribution in [-0.4, -0.2) is 41.7 Å². The van der Waals surface area contributed by atoms with Crippen LogP contribution in [0.15, 0.2) is 18.2 Å². The van der Waals surface area contributed by atoms with Crippen molar-refractivity contribution in [1.29, 1.82) is 0 Å². The summed E-state index contributed by atoms with van der Waals surface area (Å²) in [5.41, 5.74) is -0.0832. The molecule has 1 rings (SSSR count). The number of amides is 3. The van der Waals surface area contributed by atoms with Crippen LogP contribution in [0.25, 0.3) is 0 Å². The summed E-state index contributed by atoms with van der Waals surface area (Å²) < 4.78 is 26.0. The van der Waals surface area contributed by atoms with Crippen LogP contribution in [0.4, 0.5) is 8.78 Å². The van der Waals surface area contributed by atoms with Crippen molar-refractivity contribution >= 4 is 18.2 Å². The van der Waals surface area contributed by atoms with Crippen molar-refractivity contribution in [3.63, 3.8) is 0 Å². The minimum atomic E-state index is -1.14. The number of hydrogen-bond acceptors (Lipinski definition) is 4. The van der Waals surface area contributed by atoms with Crippen LogP contribution >= 0.6 is 0 Å². The Morgan fingerprint density at radius 2 is 1.96 bits per heavy atom. The molecule has 144 valence electrons. The van der Waals surface area contributed by atoms with Gasteiger partial charge in [-0.25, -0.2) is 13.8 Å². The third-order valence-electron chi connectivity index (χ3n) is 3.75. The number of hydroxylamine groups is 2. The van der Waals surface area contributed by atoms with E-state index in [9.17, 15) is 28.4 Å². The molecule has 1 atom stereocenters. The van der Waals surface area contributed by atoms with Crippen molar-refractivity contribution in [2.45, 2.75) is 32.6 Å². The van der Waals surface area contributed by atoms with E-state index in [1.54, 1.807) is 0 Å². The zero-order chi connectivity index (χ0) is 19.5. The van der Waals surface area contributed by atoms with E-state index in [0.29, 0.717) is 11.5 Å². The maximum Gasteiger partial charge on any atom is 0.252 e. The molecule has 1 aromatic carbocycles. The molecule has 0 radical (unpaired) electrons. The fraction of sp³-hybridized carbons (Fsp3) is 0.471. The second-order valence-corrected chi connectivity index (χ2v) is 5.77. The highest BCUT2D eigenvalue weighted by molar-refractivity contribution is 5.94. The summed E-state index contributed by atoms with van der Waals surface area (Å²) >= 11 is 0. The van der Waals surface area contributed by atoms with Gasteiger partial charge in [0.1, 0.15) is 0 Å². The van der Waals surface area contributed by atoms with E-state index in [1.807, 2.05) is 6.92 Å². The first-order chi connectivity index (χ1) is 12.4. The predicted octanol–water partition coefficient (Wildman–Crippen LogP) is 1.81. The molecule has 1 aromatic rings. The van der Waals surface area contributed by atoms with Gasteiger partial charge in [-0.05, 0) is 24.6 Å². The maximum atomic E-state index is 13.1. The monoisotopic (exact) mass is 371 g/mol. The van der Waals surface area contributed by atoms with Gasteiger partial charge in [-0.2, -0.15) is 0 Å². The molecule has 3 N–H and O–H groups in total. The molecule has 0 fully saturated rings. The highest BCUT2D eigenvalue weighted by Gasteiger charge is 2.20. The molecule has 0 aliphatic rings. The fourth-order valence-corrected chi connectivity index (χ4v) is 2.31. The van der Waals surface area contributed by atoms with Crippen molar-refractivity contribution < 1.29 is 28.4 Å². The fourth-order valence-electron chi connectivity index (χ4n) is 2.31. The van der Waals surface area contributed by atoms with Crippen LogP contribution in [0.2, 0.25) is 0 Å². The normalized spacial score (nSPS) is 11.5. The number of carbonyl (C=O) groups excluding carboxylic acids is 3. The SMILES string of the molecule is CCCCC[C@H](CN(O)C=O)C(=O)NCNC(=O)c1ccc(F)c(F)c1. The molecule has 0 saturated heterocycles. The lowest BCUT2D eigenvalue weighted by molar-refractivity contribution is -0.154. The lowest BCUT2D eigenvalue weighted by Gasteiger charge is -2.19. The van der Waals surface area contributed by atoms with Crippen molar-refractivity contribution in [3.8, 4) is 0 Å². The van der Waals surface area contributed by atoms with Crippen LogP contribution in [0.1, 0.15) is 43.0 Å². The standard InChI is InChI=1S/C17H23F2N3O4/c1-2-3-4-5-13(9-22(26)11-23)17(25)21-10-20-16(24)12-6-7-14(18)15(19)8-12/h6-8,11,13,26H,2-5,9-10H2,1H3,(H,20,24)(H,21,25)/t13-/m1/s1. The van der Waals surface area contributed by atoms with Crippen molar-refractivity contribution in [1.82, 2.24) is 15.7 Å². The minimum Gasteiger partial charge on any atom is -0.338 e. The molecule has 0 aliphatic heterocycles. The smallest absolute Gasteiger partial charge is 0.252 e. The Morgan fingerprint density at radius 3 is 2.58 bits per heavy atom. The highest BCUT2D eigenvalue weighted by atomic mass is 19.2. The molecular formula is C17H23F2N3O4. The lowest BCUT2D eigenvalue weighted by Crippen LogP contribution is -2.43. The first-order valence-electron chi connectivity index (χ1n) is 8.30. The first-order valence-corrected chi connectivity index (χ1v) is 8.30. The summed E-state index contributed by atoms with van der Waals surface area (Å²) in [6, 6.07) is 2.71. The zero-order valence-electron chi connectivity index (χ0n) is 14.5. The van der Waals surface area contributed by atoms with Gasteiger partial charge in [0.05, 0.1) is 19.1 Å². The van der Waals surface area contributed by atoms with Gasteiger partial charge in [0.15, 0.2) is 11.6 Å². The van der Waals surface area contributed by atoms with E-state index < -0.39 is 29.4 Å². The number of rotatable bonds is 11. The van der Waals surface area contributed by atoms with Crippen molar-refractivity contribution in [3.05, 3.63) is 35.4 Å². The van der Waals surface area contributed by atoms with Crippen molar-refractivity contribution in [2.24, 2.45) is 5.92 Å². The molecule has 0 heterocycles. The number of nitrogens with one attached hydrogen (secondary N) is 2. The Bertz CT molecular complexity index is 628. The largest absolute Gasteiger partial charge is 0.338 e. The van der Waals surface area contributed by atoms with Gasteiger partial charge in [-0.1, -0.05) is 26.2 Å². The molecular weight excluding hydrogens is 348 g/mol. The van der Waals surface area contributed by atoms with Crippen LogP contribution in [-0.2, 0) is 9.59 Å². The molecule has 7 nitrogen and oxygen atoms in total. The quantitative estimate of drug-likeness (QED) is 0.182. The summed E-state index contributed by atoms with van der Waals surface area (Å²) in [7, 11) is 0. The molecule has 0 aromatic heterocycles. The molecule has 0 saturated carbocycles. The molecule has 0 bridgehead atoms. The summed E-state index contributed by atoms with van der Waals surface area (Å²) in [5, 5.41) is 14.5. The molecule has 0 unspecified atom stereocenters. The van der Waals surface area contributed by atoms with Crippen LogP contribution in [0, 0.1) is 17.6 Å². The Labute approximate surface area is 150 Å². The number of carbonyl (C=O) groups is 3. The summed E-state index contributed by atoms with van der Waals surface area (Å²) in [6.07, 6.45) is 3.30. The average molecular weight is 371 g/mol. The topological polar surface area (TPSA) is 98.7 Å². The molecule has 9 heteroatoms. The summed E-state index contributed by atoms with van der Waals surface area (Å²) in [4.78, 5) is 34.6.